The van der Waals surface area contributed by atoms with Gasteiger partial charge in [0.25, 0.3) is 6.71 Å². The van der Waals surface area contributed by atoms with E-state index >= 15 is 0 Å². The van der Waals surface area contributed by atoms with Crippen molar-refractivity contribution in [2.24, 2.45) is 0 Å². The summed E-state index contributed by atoms with van der Waals surface area (Å²) >= 11 is 0. The van der Waals surface area contributed by atoms with Crippen LogP contribution in [0.5, 0.6) is 0 Å². The van der Waals surface area contributed by atoms with Crippen LogP contribution < -0.4 is 26.2 Å². The normalized spacial score (nSPS) is 13.4. The maximum Gasteiger partial charge on any atom is 0.252 e. The third-order valence-electron chi connectivity index (χ3n) is 14.8. The van der Waals surface area contributed by atoms with Crippen molar-refractivity contribution in [1.82, 2.24) is 4.57 Å². The maximum absolute atomic E-state index is 2.57. The second kappa shape index (κ2) is 14.8. The molecule has 1 aromatic heterocycles. The van der Waals surface area contributed by atoms with Crippen molar-refractivity contribution in [2.45, 2.75) is 52.4 Å². The summed E-state index contributed by atoms with van der Waals surface area (Å²) in [6, 6.07) is 78.0. The van der Waals surface area contributed by atoms with Crippen LogP contribution in [0, 0.1) is 0 Å². The highest BCUT2D eigenvalue weighted by Gasteiger charge is 2.44. The minimum Gasteiger partial charge on any atom is -0.311 e. The van der Waals surface area contributed by atoms with Gasteiger partial charge in [0.15, 0.2) is 0 Å². The van der Waals surface area contributed by atoms with Crippen molar-refractivity contribution >= 4 is 101 Å². The Labute approximate surface area is 399 Å². The molecule has 0 saturated carbocycles. The van der Waals surface area contributed by atoms with E-state index in [0.29, 0.717) is 0 Å². The minimum absolute atomic E-state index is 0.0187. The van der Waals surface area contributed by atoms with Crippen molar-refractivity contribution in [2.75, 3.05) is 9.80 Å². The van der Waals surface area contributed by atoms with Gasteiger partial charge in [-0.2, -0.15) is 0 Å². The fourth-order valence-corrected chi connectivity index (χ4v) is 11.3. The number of rotatable bonds is 4. The van der Waals surface area contributed by atoms with Gasteiger partial charge in [0.05, 0.1) is 11.0 Å². The van der Waals surface area contributed by atoms with Gasteiger partial charge >= 0.3 is 0 Å². The van der Waals surface area contributed by atoms with E-state index in [1.54, 1.807) is 0 Å². The summed E-state index contributed by atoms with van der Waals surface area (Å²) in [5.74, 6) is 0. The van der Waals surface area contributed by atoms with Crippen molar-refractivity contribution in [3.8, 4) is 16.8 Å². The Balaban J connectivity index is 1.14. The van der Waals surface area contributed by atoms with Gasteiger partial charge in [-0.15, -0.1) is 0 Å². The summed E-state index contributed by atoms with van der Waals surface area (Å²) in [6.45, 7) is 13.8. The first-order valence-electron chi connectivity index (χ1n) is 24.1. The maximum atomic E-state index is 2.57. The molecular formula is C64H52BN3. The lowest BCUT2D eigenvalue weighted by Crippen LogP contribution is -2.61. The van der Waals surface area contributed by atoms with Crippen molar-refractivity contribution in [3.63, 3.8) is 0 Å². The lowest BCUT2D eigenvalue weighted by Gasteiger charge is -2.45. The number of aromatic nitrogens is 1. The van der Waals surface area contributed by atoms with E-state index in [1.165, 1.54) is 105 Å². The van der Waals surface area contributed by atoms with Crippen LogP contribution in [0.4, 0.5) is 34.1 Å². The van der Waals surface area contributed by atoms with E-state index in [9.17, 15) is 0 Å². The predicted octanol–water partition coefficient (Wildman–Crippen LogP) is 15.4. The first kappa shape index (κ1) is 40.5. The van der Waals surface area contributed by atoms with Crippen molar-refractivity contribution in [1.29, 1.82) is 0 Å². The van der Waals surface area contributed by atoms with Crippen molar-refractivity contribution < 1.29 is 0 Å². The SMILES string of the molecule is CC(C)(C)c1ccc(N2c3cc4ccccc4cc3B3c4cc5ccccc5cc4N(c4ccc(C(C)(C)C)cc4)c4cc(-c5ccc6c(c5)c5ccccc5n6-c5ccccc5)cc2c43)cc1. The van der Waals surface area contributed by atoms with Gasteiger partial charge < -0.3 is 14.4 Å². The Morgan fingerprint density at radius 2 is 0.794 bits per heavy atom. The zero-order valence-corrected chi connectivity index (χ0v) is 39.5. The van der Waals surface area contributed by atoms with E-state index in [0.717, 1.165) is 17.1 Å². The van der Waals surface area contributed by atoms with E-state index in [4.69, 9.17) is 0 Å². The summed E-state index contributed by atoms with van der Waals surface area (Å²) in [5.41, 5.74) is 19.7. The largest absolute Gasteiger partial charge is 0.311 e. The number of benzene rings is 10. The summed E-state index contributed by atoms with van der Waals surface area (Å²) in [4.78, 5) is 5.14. The molecule has 2 aliphatic heterocycles. The number of hydrogen-bond acceptors (Lipinski definition) is 2. The molecule has 10 aromatic carbocycles. The predicted molar refractivity (Wildman–Crippen MR) is 293 cm³/mol. The molecule has 3 heterocycles. The number of fused-ring (bicyclic) bond motifs is 9. The molecule has 0 bridgehead atoms. The molecule has 0 saturated heterocycles. The van der Waals surface area contributed by atoms with E-state index in [-0.39, 0.29) is 17.5 Å². The van der Waals surface area contributed by atoms with Crippen LogP contribution in [0.25, 0.3) is 60.2 Å². The first-order chi connectivity index (χ1) is 33.0. The van der Waals surface area contributed by atoms with Crippen molar-refractivity contribution in [3.05, 3.63) is 217 Å². The fraction of sp³-hybridized carbons (Fsp3) is 0.125. The van der Waals surface area contributed by atoms with Crippen LogP contribution >= 0.6 is 0 Å². The van der Waals surface area contributed by atoms with Gasteiger partial charge in [-0.1, -0.05) is 169 Å². The van der Waals surface area contributed by atoms with Gasteiger partial charge in [0.1, 0.15) is 0 Å². The molecule has 2 aliphatic rings. The second-order valence-corrected chi connectivity index (χ2v) is 21.1. The molecule has 0 unspecified atom stereocenters. The van der Waals surface area contributed by atoms with E-state index < -0.39 is 0 Å². The summed E-state index contributed by atoms with van der Waals surface area (Å²) in [6.07, 6.45) is 0. The molecule has 68 heavy (non-hydrogen) atoms. The summed E-state index contributed by atoms with van der Waals surface area (Å²) < 4.78 is 2.41. The summed E-state index contributed by atoms with van der Waals surface area (Å²) in [5, 5.41) is 7.46. The van der Waals surface area contributed by atoms with Gasteiger partial charge in [0.2, 0.25) is 0 Å². The topological polar surface area (TPSA) is 11.4 Å². The van der Waals surface area contributed by atoms with Gasteiger partial charge in [-0.3, -0.25) is 0 Å². The van der Waals surface area contributed by atoms with E-state index in [1.807, 2.05) is 0 Å². The number of hydrogen-bond donors (Lipinski definition) is 0. The highest BCUT2D eigenvalue weighted by Crippen LogP contribution is 2.48. The van der Waals surface area contributed by atoms with Gasteiger partial charge in [-0.25, -0.2) is 0 Å². The number of para-hydroxylation sites is 2. The zero-order chi connectivity index (χ0) is 46.1. The Bertz CT molecular complexity index is 3640. The highest BCUT2D eigenvalue weighted by atomic mass is 15.2. The lowest BCUT2D eigenvalue weighted by molar-refractivity contribution is 0.590. The van der Waals surface area contributed by atoms with E-state index in [2.05, 4.69) is 262 Å². The van der Waals surface area contributed by atoms with Gasteiger partial charge in [-0.05, 0) is 150 Å². The van der Waals surface area contributed by atoms with Crippen LogP contribution in [-0.2, 0) is 10.8 Å². The average molecular weight is 874 g/mol. The highest BCUT2D eigenvalue weighted by molar-refractivity contribution is 7.00. The molecule has 13 rings (SSSR count). The molecule has 0 N–H and O–H groups in total. The lowest BCUT2D eigenvalue weighted by atomic mass is 9.33. The third-order valence-corrected chi connectivity index (χ3v) is 14.8. The molecule has 0 atom stereocenters. The van der Waals surface area contributed by atoms with Crippen LogP contribution in [0.3, 0.4) is 0 Å². The molecule has 11 aromatic rings. The third kappa shape index (κ3) is 6.27. The Morgan fingerprint density at radius 3 is 1.31 bits per heavy atom. The van der Waals surface area contributed by atoms with Gasteiger partial charge in [0, 0.05) is 50.6 Å². The van der Waals surface area contributed by atoms with Crippen LogP contribution in [0.1, 0.15) is 52.7 Å². The molecule has 0 aliphatic carbocycles. The molecule has 4 heteroatoms. The molecule has 326 valence electrons. The summed E-state index contributed by atoms with van der Waals surface area (Å²) in [7, 11) is 0. The van der Waals surface area contributed by atoms with Crippen LogP contribution in [0.2, 0.25) is 0 Å². The molecule has 0 radical (unpaired) electrons. The molecule has 0 fully saturated rings. The smallest absolute Gasteiger partial charge is 0.252 e. The molecule has 3 nitrogen and oxygen atoms in total. The molecular weight excluding hydrogens is 822 g/mol. The quantitative estimate of drug-likeness (QED) is 0.163. The first-order valence-corrected chi connectivity index (χ1v) is 24.1. The number of nitrogens with zero attached hydrogens (tertiary/aromatic N) is 3. The Hall–Kier alpha value is -7.82. The Morgan fingerprint density at radius 1 is 0.338 bits per heavy atom. The van der Waals surface area contributed by atoms with Crippen LogP contribution in [0.15, 0.2) is 206 Å². The zero-order valence-electron chi connectivity index (χ0n) is 39.5. The minimum atomic E-state index is -0.0187. The average Bonchev–Trinajstić information content (AvgIpc) is 3.68. The monoisotopic (exact) mass is 873 g/mol. The molecule has 0 spiro atoms. The number of anilines is 6. The fourth-order valence-electron chi connectivity index (χ4n) is 11.3. The second-order valence-electron chi connectivity index (χ2n) is 21.1. The standard InChI is InChI=1S/C64H52BN3/c1-63(2,3)47-25-29-50(30-26-47)67-58-37-43-18-12-10-16-41(43)35-54(58)65-55-36-42-17-11-13-19-44(42)38-59(55)68(51-31-27-48(28-32-51)64(4,5)6)61-40-46(39-60(67)62(61)65)45-24-33-57-53(34-45)52-22-14-15-23-56(52)66(57)49-20-8-7-9-21-49/h7-40H,1-6H3. The van der Waals surface area contributed by atoms with Crippen LogP contribution in [-0.4, -0.2) is 11.3 Å². The Kier molecular flexibility index (Phi) is 8.83. The molecule has 0 amide bonds.